The molecular weight excluding hydrogens is 194 g/mol. The van der Waals surface area contributed by atoms with Crippen LogP contribution >= 0.6 is 0 Å². The van der Waals surface area contributed by atoms with Crippen molar-refractivity contribution in [3.05, 3.63) is 29.8 Å². The van der Waals surface area contributed by atoms with Crippen molar-refractivity contribution >= 4 is 11.7 Å². The Labute approximate surface area is 88.0 Å². The predicted octanol–water partition coefficient (Wildman–Crippen LogP) is 1.14. The molecule has 0 fully saturated rings. The molecule has 0 aromatic heterocycles. The number of amides is 1. The summed E-state index contributed by atoms with van der Waals surface area (Å²) in [5.74, 6) is -0.121. The summed E-state index contributed by atoms with van der Waals surface area (Å²) in [6.45, 7) is 3.03. The zero-order valence-corrected chi connectivity index (χ0v) is 8.69. The highest BCUT2D eigenvalue weighted by Gasteiger charge is 2.10. The van der Waals surface area contributed by atoms with Crippen LogP contribution in [0, 0.1) is 0 Å². The number of benzene rings is 1. The number of hydrogen-bond donors (Lipinski definition) is 1. The molecule has 1 amide bonds. The predicted molar refractivity (Wildman–Crippen MR) is 55.7 cm³/mol. The van der Waals surface area contributed by atoms with Crippen LogP contribution in [0.1, 0.15) is 24.2 Å². The van der Waals surface area contributed by atoms with E-state index in [1.807, 2.05) is 0 Å². The zero-order chi connectivity index (χ0) is 11.4. The van der Waals surface area contributed by atoms with Crippen molar-refractivity contribution in [2.75, 3.05) is 0 Å². The molecule has 0 spiro atoms. The monoisotopic (exact) mass is 207 g/mol. The van der Waals surface area contributed by atoms with E-state index in [4.69, 9.17) is 10.5 Å². The molecule has 0 aliphatic heterocycles. The molecule has 0 heterocycles. The largest absolute Gasteiger partial charge is 0.481 e. The number of ether oxygens (including phenoxy) is 1. The van der Waals surface area contributed by atoms with Gasteiger partial charge in [-0.15, -0.1) is 0 Å². The lowest BCUT2D eigenvalue weighted by Gasteiger charge is -2.11. The lowest BCUT2D eigenvalue weighted by atomic mass is 10.1. The minimum atomic E-state index is -0.702. The van der Waals surface area contributed by atoms with Gasteiger partial charge < -0.3 is 10.5 Å². The van der Waals surface area contributed by atoms with Gasteiger partial charge in [-0.3, -0.25) is 9.59 Å². The molecule has 0 saturated carbocycles. The van der Waals surface area contributed by atoms with Gasteiger partial charge in [0.1, 0.15) is 5.75 Å². The van der Waals surface area contributed by atoms with Crippen molar-refractivity contribution in [1.82, 2.24) is 0 Å². The summed E-state index contributed by atoms with van der Waals surface area (Å²) >= 11 is 0. The molecule has 1 atom stereocenters. The van der Waals surface area contributed by atoms with Crippen molar-refractivity contribution < 1.29 is 14.3 Å². The number of nitrogens with two attached hydrogens (primary N) is 1. The summed E-state index contributed by atoms with van der Waals surface area (Å²) in [5, 5.41) is 0. The van der Waals surface area contributed by atoms with Crippen LogP contribution in [-0.2, 0) is 4.79 Å². The topological polar surface area (TPSA) is 69.4 Å². The first-order valence-electron chi connectivity index (χ1n) is 4.57. The summed E-state index contributed by atoms with van der Waals surface area (Å²) in [4.78, 5) is 21.8. The summed E-state index contributed by atoms with van der Waals surface area (Å²) in [5.41, 5.74) is 5.60. The van der Waals surface area contributed by atoms with E-state index < -0.39 is 12.0 Å². The molecule has 0 bridgehead atoms. The van der Waals surface area contributed by atoms with Crippen molar-refractivity contribution in [1.29, 1.82) is 0 Å². The summed E-state index contributed by atoms with van der Waals surface area (Å²) < 4.78 is 5.24. The fraction of sp³-hybridized carbons (Fsp3) is 0.273. The van der Waals surface area contributed by atoms with Crippen molar-refractivity contribution in [2.45, 2.75) is 20.0 Å². The number of ketones is 1. The minimum Gasteiger partial charge on any atom is -0.481 e. The lowest BCUT2D eigenvalue weighted by Crippen LogP contribution is -2.30. The molecule has 4 nitrogen and oxygen atoms in total. The van der Waals surface area contributed by atoms with Gasteiger partial charge in [-0.1, -0.05) is 12.1 Å². The lowest BCUT2D eigenvalue weighted by molar-refractivity contribution is -0.123. The van der Waals surface area contributed by atoms with Gasteiger partial charge in [-0.25, -0.2) is 0 Å². The van der Waals surface area contributed by atoms with E-state index in [-0.39, 0.29) is 5.78 Å². The molecule has 2 N–H and O–H groups in total. The number of primary amides is 1. The van der Waals surface area contributed by atoms with Crippen LogP contribution in [0.5, 0.6) is 5.75 Å². The van der Waals surface area contributed by atoms with Gasteiger partial charge in [0.15, 0.2) is 11.9 Å². The van der Waals surface area contributed by atoms with Crippen LogP contribution in [0.15, 0.2) is 24.3 Å². The first-order valence-corrected chi connectivity index (χ1v) is 4.57. The van der Waals surface area contributed by atoms with E-state index >= 15 is 0 Å². The average Bonchev–Trinajstić information content (AvgIpc) is 2.18. The second-order valence-electron chi connectivity index (χ2n) is 3.25. The molecule has 15 heavy (non-hydrogen) atoms. The van der Waals surface area contributed by atoms with Crippen LogP contribution < -0.4 is 10.5 Å². The van der Waals surface area contributed by atoms with Crippen LogP contribution in [0.2, 0.25) is 0 Å². The maximum Gasteiger partial charge on any atom is 0.258 e. The third-order valence-corrected chi connectivity index (χ3v) is 1.95. The summed E-state index contributed by atoms with van der Waals surface area (Å²) in [7, 11) is 0. The molecule has 1 unspecified atom stereocenters. The molecule has 0 saturated heterocycles. The Kier molecular flexibility index (Phi) is 3.44. The van der Waals surface area contributed by atoms with Gasteiger partial charge in [-0.2, -0.15) is 0 Å². The van der Waals surface area contributed by atoms with Gasteiger partial charge in [0.05, 0.1) is 0 Å². The Morgan fingerprint density at radius 1 is 1.40 bits per heavy atom. The Hall–Kier alpha value is -1.84. The maximum absolute atomic E-state index is 11.1. The Bertz CT molecular complexity index is 387. The van der Waals surface area contributed by atoms with Crippen LogP contribution in [0.3, 0.4) is 0 Å². The molecule has 4 heteroatoms. The van der Waals surface area contributed by atoms with E-state index in [1.165, 1.54) is 6.92 Å². The van der Waals surface area contributed by atoms with E-state index in [2.05, 4.69) is 0 Å². The SMILES string of the molecule is CC(=O)c1cccc(OC(C)C(N)=O)c1. The first-order chi connectivity index (χ1) is 7.00. The average molecular weight is 207 g/mol. The molecule has 1 aromatic carbocycles. The standard InChI is InChI=1S/C11H13NO3/c1-7(13)9-4-3-5-10(6-9)15-8(2)11(12)14/h3-6,8H,1-2H3,(H2,12,14). The number of carbonyl (C=O) groups excluding carboxylic acids is 2. The second-order valence-corrected chi connectivity index (χ2v) is 3.25. The quantitative estimate of drug-likeness (QED) is 0.753. The molecule has 0 radical (unpaired) electrons. The summed E-state index contributed by atoms with van der Waals surface area (Å²) in [6.07, 6.45) is -0.702. The normalized spacial score (nSPS) is 11.9. The van der Waals surface area contributed by atoms with Gasteiger partial charge in [0.25, 0.3) is 5.91 Å². The zero-order valence-electron chi connectivity index (χ0n) is 8.69. The third-order valence-electron chi connectivity index (χ3n) is 1.95. The number of carbonyl (C=O) groups is 2. The van der Waals surface area contributed by atoms with Crippen LogP contribution in [0.4, 0.5) is 0 Å². The molecule has 0 aliphatic carbocycles. The number of Topliss-reactive ketones (excluding diaryl/α,β-unsaturated/α-hetero) is 1. The van der Waals surface area contributed by atoms with Crippen LogP contribution in [-0.4, -0.2) is 17.8 Å². The van der Waals surface area contributed by atoms with Gasteiger partial charge in [0, 0.05) is 5.56 Å². The van der Waals surface area contributed by atoms with E-state index in [0.717, 1.165) is 0 Å². The molecule has 1 aromatic rings. The molecule has 80 valence electrons. The number of rotatable bonds is 4. The Morgan fingerprint density at radius 2 is 2.07 bits per heavy atom. The van der Waals surface area contributed by atoms with Crippen molar-refractivity contribution in [3.63, 3.8) is 0 Å². The highest BCUT2D eigenvalue weighted by Crippen LogP contribution is 2.15. The van der Waals surface area contributed by atoms with Gasteiger partial charge in [0.2, 0.25) is 0 Å². The van der Waals surface area contributed by atoms with E-state index in [1.54, 1.807) is 31.2 Å². The first kappa shape index (κ1) is 11.2. The minimum absolute atomic E-state index is 0.0489. The van der Waals surface area contributed by atoms with Crippen molar-refractivity contribution in [2.24, 2.45) is 5.73 Å². The van der Waals surface area contributed by atoms with Crippen LogP contribution in [0.25, 0.3) is 0 Å². The highest BCUT2D eigenvalue weighted by molar-refractivity contribution is 5.94. The maximum atomic E-state index is 11.1. The Balaban J connectivity index is 2.82. The van der Waals surface area contributed by atoms with Gasteiger partial charge >= 0.3 is 0 Å². The second kappa shape index (κ2) is 4.59. The smallest absolute Gasteiger partial charge is 0.258 e. The van der Waals surface area contributed by atoms with Gasteiger partial charge in [-0.05, 0) is 26.0 Å². The third kappa shape index (κ3) is 3.09. The highest BCUT2D eigenvalue weighted by atomic mass is 16.5. The van der Waals surface area contributed by atoms with E-state index in [0.29, 0.717) is 11.3 Å². The van der Waals surface area contributed by atoms with Crippen molar-refractivity contribution in [3.8, 4) is 5.75 Å². The molecule has 0 aliphatic rings. The summed E-state index contributed by atoms with van der Waals surface area (Å²) in [6, 6.07) is 6.64. The fourth-order valence-electron chi connectivity index (χ4n) is 1.05. The number of hydrogen-bond acceptors (Lipinski definition) is 3. The molecular formula is C11H13NO3. The molecule has 1 rings (SSSR count). The fourth-order valence-corrected chi connectivity index (χ4v) is 1.05. The Morgan fingerprint density at radius 3 is 2.60 bits per heavy atom. The van der Waals surface area contributed by atoms with E-state index in [9.17, 15) is 9.59 Å².